The fourth-order valence-corrected chi connectivity index (χ4v) is 5.96. The molecule has 0 fully saturated rings. The maximum Gasteiger partial charge on any atom is 0.0657 e. The molecule has 0 aromatic rings. The Kier molecular flexibility index (Phi) is 24.8. The summed E-state index contributed by atoms with van der Waals surface area (Å²) in [4.78, 5) is 0. The third-order valence-corrected chi connectivity index (χ3v) is 9.99. The van der Waals surface area contributed by atoms with E-state index >= 15 is 0 Å². The zero-order valence-electron chi connectivity index (χ0n) is 32.1. The lowest BCUT2D eigenvalue weighted by molar-refractivity contribution is 0.0251. The molecular weight excluding hydrogens is 536 g/mol. The molecule has 0 amide bonds. The number of hydrogen-bond donors (Lipinski definition) is 0. The predicted molar refractivity (Wildman–Crippen MR) is 198 cm³/mol. The van der Waals surface area contributed by atoms with E-state index in [2.05, 4.69) is 106 Å². The lowest BCUT2D eigenvalue weighted by atomic mass is 9.90. The fraction of sp³-hybridized carbons (Fsp3) is 0.857. The molecule has 2 heteroatoms. The molecule has 0 N–H and O–H groups in total. The van der Waals surface area contributed by atoms with Crippen molar-refractivity contribution in [1.29, 1.82) is 0 Å². The van der Waals surface area contributed by atoms with Crippen LogP contribution in [0.2, 0.25) is 0 Å². The first-order valence-electron chi connectivity index (χ1n) is 18.8. The normalized spacial score (nSPS) is 17.5. The highest BCUT2D eigenvalue weighted by Gasteiger charge is 2.14. The van der Waals surface area contributed by atoms with Gasteiger partial charge in [0.25, 0.3) is 0 Å². The molecule has 2 nitrogen and oxygen atoms in total. The first-order chi connectivity index (χ1) is 20.7. The number of allylic oxidation sites excluding steroid dienone is 4. The maximum atomic E-state index is 5.51. The first kappa shape index (κ1) is 43.1. The quantitative estimate of drug-likeness (QED) is 0.0643. The summed E-state index contributed by atoms with van der Waals surface area (Å²) in [5.74, 6) is 4.61. The van der Waals surface area contributed by atoms with E-state index < -0.39 is 0 Å². The molecular formula is C42H80O2. The van der Waals surface area contributed by atoms with Crippen molar-refractivity contribution in [1.82, 2.24) is 0 Å². The van der Waals surface area contributed by atoms with Crippen molar-refractivity contribution in [3.05, 3.63) is 36.5 Å². The minimum absolute atomic E-state index is 0.0439. The second-order valence-corrected chi connectivity index (χ2v) is 16.2. The van der Waals surface area contributed by atoms with E-state index in [1.165, 1.54) is 89.9 Å². The summed E-state index contributed by atoms with van der Waals surface area (Å²) in [6.07, 6.45) is 35.3. The molecule has 0 rings (SSSR count). The summed E-state index contributed by atoms with van der Waals surface area (Å²) < 4.78 is 11.0. The van der Waals surface area contributed by atoms with E-state index in [0.29, 0.717) is 11.8 Å². The second kappa shape index (κ2) is 25.3. The van der Waals surface area contributed by atoms with E-state index in [-0.39, 0.29) is 11.2 Å². The van der Waals surface area contributed by atoms with Crippen molar-refractivity contribution in [2.24, 2.45) is 35.5 Å². The molecule has 0 spiro atoms. The molecule has 0 bridgehead atoms. The van der Waals surface area contributed by atoms with Gasteiger partial charge < -0.3 is 9.47 Å². The highest BCUT2D eigenvalue weighted by atomic mass is 16.5. The van der Waals surface area contributed by atoms with Crippen molar-refractivity contribution >= 4 is 0 Å². The van der Waals surface area contributed by atoms with Gasteiger partial charge in [0.2, 0.25) is 0 Å². The van der Waals surface area contributed by atoms with Crippen molar-refractivity contribution in [2.75, 3.05) is 14.2 Å². The molecule has 0 aliphatic carbocycles. The minimum atomic E-state index is -0.0663. The van der Waals surface area contributed by atoms with E-state index in [9.17, 15) is 0 Å². The molecule has 6 atom stereocenters. The van der Waals surface area contributed by atoms with E-state index in [1.54, 1.807) is 14.2 Å². The van der Waals surface area contributed by atoms with Gasteiger partial charge in [-0.25, -0.2) is 0 Å². The summed E-state index contributed by atoms with van der Waals surface area (Å²) in [6.45, 7) is 23.1. The second-order valence-electron chi connectivity index (χ2n) is 16.2. The summed E-state index contributed by atoms with van der Waals surface area (Å²) in [7, 11) is 3.59. The Morgan fingerprint density at radius 2 is 0.818 bits per heavy atom. The Labute approximate surface area is 278 Å². The molecule has 6 unspecified atom stereocenters. The number of rotatable bonds is 28. The van der Waals surface area contributed by atoms with Crippen LogP contribution in [-0.2, 0) is 9.47 Å². The van der Waals surface area contributed by atoms with Gasteiger partial charge in [-0.3, -0.25) is 0 Å². The van der Waals surface area contributed by atoms with E-state index in [4.69, 9.17) is 9.47 Å². The molecule has 260 valence electrons. The molecule has 0 saturated carbocycles. The van der Waals surface area contributed by atoms with Crippen molar-refractivity contribution < 1.29 is 9.47 Å². The van der Waals surface area contributed by atoms with E-state index in [1.807, 2.05) is 0 Å². The van der Waals surface area contributed by atoms with Crippen LogP contribution < -0.4 is 0 Å². The Bertz CT molecular complexity index is 745. The third-order valence-electron chi connectivity index (χ3n) is 9.99. The van der Waals surface area contributed by atoms with Crippen LogP contribution in [0.15, 0.2) is 36.5 Å². The average Bonchev–Trinajstić information content (AvgIpc) is 2.95. The lowest BCUT2D eigenvalue weighted by Gasteiger charge is -2.20. The van der Waals surface area contributed by atoms with E-state index in [0.717, 1.165) is 36.5 Å². The molecule has 0 radical (unpaired) electrons. The molecule has 44 heavy (non-hydrogen) atoms. The number of hydrogen-bond acceptors (Lipinski definition) is 2. The van der Waals surface area contributed by atoms with Gasteiger partial charge in [0.1, 0.15) is 0 Å². The van der Waals surface area contributed by atoms with Crippen molar-refractivity contribution in [3.63, 3.8) is 0 Å². The third kappa shape index (κ3) is 26.4. The highest BCUT2D eigenvalue weighted by molar-refractivity contribution is 5.00. The molecule has 0 aromatic heterocycles. The van der Waals surface area contributed by atoms with Crippen molar-refractivity contribution in [2.45, 2.75) is 183 Å². The maximum absolute atomic E-state index is 5.51. The van der Waals surface area contributed by atoms with Crippen LogP contribution in [0.4, 0.5) is 0 Å². The number of unbranched alkanes of at least 4 members (excludes halogenated alkanes) is 1. The van der Waals surface area contributed by atoms with Gasteiger partial charge in [-0.15, -0.1) is 0 Å². The summed E-state index contributed by atoms with van der Waals surface area (Å²) in [5, 5.41) is 0. The molecule has 0 aliphatic heterocycles. The van der Waals surface area contributed by atoms with Crippen LogP contribution in [0, 0.1) is 35.5 Å². The smallest absolute Gasteiger partial charge is 0.0657 e. The first-order valence-corrected chi connectivity index (χ1v) is 18.8. The summed E-state index contributed by atoms with van der Waals surface area (Å²) in [6, 6.07) is 0. The average molecular weight is 617 g/mol. The van der Waals surface area contributed by atoms with Crippen molar-refractivity contribution in [3.8, 4) is 0 Å². The Morgan fingerprint density at radius 3 is 1.27 bits per heavy atom. The Morgan fingerprint density at radius 1 is 0.455 bits per heavy atom. The highest BCUT2D eigenvalue weighted by Crippen LogP contribution is 2.24. The van der Waals surface area contributed by atoms with Crippen LogP contribution in [0.1, 0.15) is 172 Å². The summed E-state index contributed by atoms with van der Waals surface area (Å²) in [5.41, 5.74) is -0.110. The monoisotopic (exact) mass is 617 g/mol. The molecule has 0 saturated heterocycles. The Balaban J connectivity index is 3.83. The SMILES string of the molecule is COC(C)(C)C/C=C\C(C)CCCC(C)CCCC(C)CCCCC(C)CCCC(C)C/C=C/C(C)/C=C/CC(C)(C)OC. The van der Waals surface area contributed by atoms with Gasteiger partial charge in [-0.05, 0) is 88.9 Å². The molecule has 0 aromatic carbocycles. The van der Waals surface area contributed by atoms with Crippen LogP contribution in [0.25, 0.3) is 0 Å². The fourth-order valence-electron chi connectivity index (χ4n) is 5.96. The van der Waals surface area contributed by atoms with Crippen LogP contribution in [0.5, 0.6) is 0 Å². The largest absolute Gasteiger partial charge is 0.378 e. The topological polar surface area (TPSA) is 18.5 Å². The van der Waals surface area contributed by atoms with Gasteiger partial charge in [0, 0.05) is 14.2 Å². The van der Waals surface area contributed by atoms with Crippen LogP contribution in [0.3, 0.4) is 0 Å². The van der Waals surface area contributed by atoms with Gasteiger partial charge in [0.05, 0.1) is 11.2 Å². The van der Waals surface area contributed by atoms with Gasteiger partial charge in [0.15, 0.2) is 0 Å². The molecule has 0 aliphatic rings. The summed E-state index contributed by atoms with van der Waals surface area (Å²) >= 11 is 0. The zero-order chi connectivity index (χ0) is 33.4. The number of methoxy groups -OCH3 is 2. The van der Waals surface area contributed by atoms with Gasteiger partial charge in [-0.1, -0.05) is 155 Å². The lowest BCUT2D eigenvalue weighted by Crippen LogP contribution is -2.20. The number of ether oxygens (including phenoxy) is 2. The minimum Gasteiger partial charge on any atom is -0.378 e. The molecule has 0 heterocycles. The Hall–Kier alpha value is -0.860. The predicted octanol–water partition coefficient (Wildman–Crippen LogP) is 13.6. The van der Waals surface area contributed by atoms with Gasteiger partial charge in [-0.2, -0.15) is 0 Å². The standard InChI is InChI=1S/C42H80O2/c1-35(23-15-25-37(3)27-17-29-39(5)31-19-33-41(7,8)43-11)21-13-14-22-36(2)24-16-26-38(4)28-18-30-40(6)32-20-34-42(9,10)44-12/h17,19-20,29,31-32,35-40H,13-16,18,21-28,30,33-34H2,1-12H3/b29-17+,31-19+,32-20-. The van der Waals surface area contributed by atoms with Crippen LogP contribution >= 0.6 is 0 Å². The van der Waals surface area contributed by atoms with Gasteiger partial charge >= 0.3 is 0 Å². The van der Waals surface area contributed by atoms with Crippen LogP contribution in [-0.4, -0.2) is 25.4 Å². The zero-order valence-corrected chi connectivity index (χ0v) is 32.1.